The predicted octanol–water partition coefficient (Wildman–Crippen LogP) is 0.273. The largest absolute Gasteiger partial charge is 0.335 e. The number of carbonyl (C=O) groups is 2. The van der Waals surface area contributed by atoms with Crippen LogP contribution in [0.25, 0.3) is 0 Å². The lowest BCUT2D eigenvalue weighted by molar-refractivity contribution is -0.148. The second-order valence-electron chi connectivity index (χ2n) is 4.20. The molecule has 0 spiro atoms. The Balaban J connectivity index is 2.59. The van der Waals surface area contributed by atoms with Crippen LogP contribution in [-0.2, 0) is 9.59 Å². The minimum atomic E-state index is -0.678. The third-order valence-corrected chi connectivity index (χ3v) is 3.16. The fraction of sp³-hybridized carbons (Fsp3) is 0.727. The van der Waals surface area contributed by atoms with Gasteiger partial charge in [-0.25, -0.2) is 0 Å². The Labute approximate surface area is 95.4 Å². The molecular formula is C11H17N3O2. The van der Waals surface area contributed by atoms with E-state index in [1.54, 1.807) is 11.0 Å². The van der Waals surface area contributed by atoms with E-state index in [9.17, 15) is 9.59 Å². The zero-order valence-electron chi connectivity index (χ0n) is 9.69. The smallest absolute Gasteiger partial charge is 0.312 e. The number of amides is 2. The van der Waals surface area contributed by atoms with Crippen molar-refractivity contribution in [1.29, 1.82) is 5.26 Å². The van der Waals surface area contributed by atoms with Gasteiger partial charge in [-0.2, -0.15) is 5.26 Å². The van der Waals surface area contributed by atoms with Crippen LogP contribution in [0.2, 0.25) is 0 Å². The van der Waals surface area contributed by atoms with Gasteiger partial charge in [0.05, 0.1) is 6.07 Å². The summed E-state index contributed by atoms with van der Waals surface area (Å²) in [5.74, 6) is -0.779. The standard InChI is InChI=1S/C11H17N3O2/c1-8-4-3-7-14(9(8)2)11(16)10(15)13-6-5-12/h8-9H,3-4,6-7H2,1-2H3,(H,13,15). The molecule has 0 aromatic carbocycles. The maximum atomic E-state index is 11.8. The van der Waals surface area contributed by atoms with E-state index < -0.39 is 11.8 Å². The van der Waals surface area contributed by atoms with Crippen molar-refractivity contribution in [2.45, 2.75) is 32.7 Å². The number of nitrogens with zero attached hydrogens (tertiary/aromatic N) is 2. The van der Waals surface area contributed by atoms with Crippen molar-refractivity contribution in [3.8, 4) is 6.07 Å². The molecule has 1 aliphatic heterocycles. The third-order valence-electron chi connectivity index (χ3n) is 3.16. The van der Waals surface area contributed by atoms with E-state index >= 15 is 0 Å². The molecule has 0 saturated carbocycles. The van der Waals surface area contributed by atoms with Gasteiger partial charge in [0, 0.05) is 12.6 Å². The summed E-state index contributed by atoms with van der Waals surface area (Å²) in [6.45, 7) is 4.54. The third kappa shape index (κ3) is 2.72. The summed E-state index contributed by atoms with van der Waals surface area (Å²) in [5.41, 5.74) is 0. The van der Waals surface area contributed by atoms with Gasteiger partial charge in [0.25, 0.3) is 0 Å². The highest BCUT2D eigenvalue weighted by Crippen LogP contribution is 2.22. The van der Waals surface area contributed by atoms with Gasteiger partial charge in [0.1, 0.15) is 6.54 Å². The quantitative estimate of drug-likeness (QED) is 0.512. The van der Waals surface area contributed by atoms with Crippen molar-refractivity contribution in [2.75, 3.05) is 13.1 Å². The predicted molar refractivity (Wildman–Crippen MR) is 58.2 cm³/mol. The lowest BCUT2D eigenvalue weighted by Gasteiger charge is -2.37. The van der Waals surface area contributed by atoms with Crippen molar-refractivity contribution in [2.24, 2.45) is 5.92 Å². The second-order valence-corrected chi connectivity index (χ2v) is 4.20. The van der Waals surface area contributed by atoms with Gasteiger partial charge in [0.15, 0.2) is 0 Å². The SMILES string of the molecule is CC1CCCN(C(=O)C(=O)NCC#N)C1C. The van der Waals surface area contributed by atoms with Gasteiger partial charge >= 0.3 is 11.8 Å². The van der Waals surface area contributed by atoms with Gasteiger partial charge in [-0.3, -0.25) is 9.59 Å². The number of nitrogens with one attached hydrogen (secondary N) is 1. The second kappa shape index (κ2) is 5.50. The maximum absolute atomic E-state index is 11.8. The molecule has 5 heteroatoms. The first kappa shape index (κ1) is 12.5. The molecule has 1 saturated heterocycles. The number of likely N-dealkylation sites (tertiary alicyclic amines) is 1. The van der Waals surface area contributed by atoms with Gasteiger partial charge in [-0.15, -0.1) is 0 Å². The molecule has 2 atom stereocenters. The molecule has 16 heavy (non-hydrogen) atoms. The summed E-state index contributed by atoms with van der Waals surface area (Å²) in [6, 6.07) is 1.87. The summed E-state index contributed by atoms with van der Waals surface area (Å²) in [7, 11) is 0. The average Bonchev–Trinajstić information content (AvgIpc) is 2.28. The van der Waals surface area contributed by atoms with Crippen LogP contribution in [-0.4, -0.2) is 35.8 Å². The first-order valence-electron chi connectivity index (χ1n) is 5.53. The minimum absolute atomic E-state index is 0.0917. The van der Waals surface area contributed by atoms with Crippen LogP contribution in [0, 0.1) is 17.2 Å². The highest BCUT2D eigenvalue weighted by molar-refractivity contribution is 6.35. The Morgan fingerprint density at radius 2 is 2.19 bits per heavy atom. The van der Waals surface area contributed by atoms with Crippen LogP contribution in [0.15, 0.2) is 0 Å². The van der Waals surface area contributed by atoms with Crippen LogP contribution < -0.4 is 5.32 Å². The van der Waals surface area contributed by atoms with Gasteiger partial charge < -0.3 is 10.2 Å². The number of rotatable bonds is 1. The van der Waals surface area contributed by atoms with Crippen molar-refractivity contribution in [3.63, 3.8) is 0 Å². The zero-order chi connectivity index (χ0) is 12.1. The number of piperidine rings is 1. The van der Waals surface area contributed by atoms with Gasteiger partial charge in [-0.05, 0) is 25.7 Å². The van der Waals surface area contributed by atoms with Crippen molar-refractivity contribution in [1.82, 2.24) is 10.2 Å². The van der Waals surface area contributed by atoms with Gasteiger partial charge in [0.2, 0.25) is 0 Å². The first-order chi connectivity index (χ1) is 7.57. The fourth-order valence-corrected chi connectivity index (χ4v) is 1.95. The summed E-state index contributed by atoms with van der Waals surface area (Å²) in [5, 5.41) is 10.6. The van der Waals surface area contributed by atoms with Crippen LogP contribution in [0.1, 0.15) is 26.7 Å². The maximum Gasteiger partial charge on any atom is 0.312 e. The normalized spacial score (nSPS) is 24.7. The first-order valence-corrected chi connectivity index (χ1v) is 5.53. The molecule has 5 nitrogen and oxygen atoms in total. The fourth-order valence-electron chi connectivity index (χ4n) is 1.95. The summed E-state index contributed by atoms with van der Waals surface area (Å²) >= 11 is 0. The topological polar surface area (TPSA) is 73.2 Å². The molecular weight excluding hydrogens is 206 g/mol. The monoisotopic (exact) mass is 223 g/mol. The molecule has 1 aliphatic rings. The Morgan fingerprint density at radius 3 is 2.81 bits per heavy atom. The number of hydrogen-bond acceptors (Lipinski definition) is 3. The average molecular weight is 223 g/mol. The van der Waals surface area contributed by atoms with E-state index in [1.807, 2.05) is 6.92 Å². The molecule has 0 bridgehead atoms. The summed E-state index contributed by atoms with van der Waals surface area (Å²) in [6.07, 6.45) is 2.02. The van der Waals surface area contributed by atoms with Crippen molar-refractivity contribution in [3.05, 3.63) is 0 Å². The molecule has 2 unspecified atom stereocenters. The van der Waals surface area contributed by atoms with E-state index in [1.165, 1.54) is 0 Å². The van der Waals surface area contributed by atoms with Crippen molar-refractivity contribution < 1.29 is 9.59 Å². The molecule has 0 aliphatic carbocycles. The van der Waals surface area contributed by atoms with E-state index in [0.717, 1.165) is 12.8 Å². The van der Waals surface area contributed by atoms with E-state index in [2.05, 4.69) is 12.2 Å². The number of nitriles is 1. The van der Waals surface area contributed by atoms with Crippen LogP contribution >= 0.6 is 0 Å². The Bertz CT molecular complexity index is 322. The molecule has 0 aromatic heterocycles. The Kier molecular flexibility index (Phi) is 4.29. The lowest BCUT2D eigenvalue weighted by Crippen LogP contribution is -2.51. The van der Waals surface area contributed by atoms with Crippen LogP contribution in [0.5, 0.6) is 0 Å². The van der Waals surface area contributed by atoms with Gasteiger partial charge in [-0.1, -0.05) is 6.92 Å². The molecule has 2 amide bonds. The Hall–Kier alpha value is -1.57. The van der Waals surface area contributed by atoms with Crippen LogP contribution in [0.4, 0.5) is 0 Å². The molecule has 1 N–H and O–H groups in total. The zero-order valence-corrected chi connectivity index (χ0v) is 9.69. The van der Waals surface area contributed by atoms with Crippen molar-refractivity contribution >= 4 is 11.8 Å². The molecule has 0 aromatic rings. The molecule has 88 valence electrons. The van der Waals surface area contributed by atoms with E-state index in [0.29, 0.717) is 12.5 Å². The van der Waals surface area contributed by atoms with E-state index in [4.69, 9.17) is 5.26 Å². The number of carbonyl (C=O) groups excluding carboxylic acids is 2. The molecule has 0 radical (unpaired) electrons. The lowest BCUT2D eigenvalue weighted by atomic mass is 9.92. The van der Waals surface area contributed by atoms with E-state index in [-0.39, 0.29) is 12.6 Å². The molecule has 1 fully saturated rings. The number of hydrogen-bond donors (Lipinski definition) is 1. The van der Waals surface area contributed by atoms with Crippen LogP contribution in [0.3, 0.4) is 0 Å². The molecule has 1 rings (SSSR count). The summed E-state index contributed by atoms with van der Waals surface area (Å²) in [4.78, 5) is 24.8. The molecule has 1 heterocycles. The summed E-state index contributed by atoms with van der Waals surface area (Å²) < 4.78 is 0. The highest BCUT2D eigenvalue weighted by Gasteiger charge is 2.31. The Morgan fingerprint density at radius 1 is 1.50 bits per heavy atom. The highest BCUT2D eigenvalue weighted by atomic mass is 16.2. The minimum Gasteiger partial charge on any atom is -0.335 e.